The molecule has 0 fully saturated rings. The maximum Gasteiger partial charge on any atom is 0.146 e. The lowest BCUT2D eigenvalue weighted by Gasteiger charge is -2.08. The Morgan fingerprint density at radius 2 is 1.75 bits per heavy atom. The van der Waals surface area contributed by atoms with Crippen molar-refractivity contribution in [2.45, 2.75) is 6.92 Å². The summed E-state index contributed by atoms with van der Waals surface area (Å²) in [6, 6.07) is 13.4. The molecule has 82 valence electrons. The molecule has 0 aromatic heterocycles. The smallest absolute Gasteiger partial charge is 0.146 e. The van der Waals surface area contributed by atoms with Crippen LogP contribution in [0.25, 0.3) is 0 Å². The molecule has 0 aliphatic rings. The molecule has 2 aromatic carbocycles. The fourth-order valence-electron chi connectivity index (χ4n) is 1.32. The Bertz CT molecular complexity index is 494. The van der Waals surface area contributed by atoms with Gasteiger partial charge in [0.05, 0.1) is 5.02 Å². The van der Waals surface area contributed by atoms with E-state index in [-0.39, 0.29) is 0 Å². The molecule has 0 unspecified atom stereocenters. The van der Waals surface area contributed by atoms with E-state index in [1.807, 2.05) is 49.4 Å². The Labute approximate surface area is 108 Å². The molecule has 0 amide bonds. The number of halogens is 2. The first-order chi connectivity index (χ1) is 7.65. The van der Waals surface area contributed by atoms with Gasteiger partial charge in [-0.1, -0.05) is 33.6 Å². The highest BCUT2D eigenvalue weighted by Crippen LogP contribution is 2.30. The van der Waals surface area contributed by atoms with Gasteiger partial charge < -0.3 is 4.74 Å². The van der Waals surface area contributed by atoms with Crippen LogP contribution in [0.3, 0.4) is 0 Å². The number of aryl methyl sites for hydroxylation is 1. The van der Waals surface area contributed by atoms with Gasteiger partial charge in [0.1, 0.15) is 11.5 Å². The summed E-state index contributed by atoms with van der Waals surface area (Å²) in [5.41, 5.74) is 1.12. The largest absolute Gasteiger partial charge is 0.456 e. The summed E-state index contributed by atoms with van der Waals surface area (Å²) < 4.78 is 6.72. The fourth-order valence-corrected chi connectivity index (χ4v) is 1.74. The molecule has 0 spiro atoms. The molecule has 0 saturated heterocycles. The molecule has 16 heavy (non-hydrogen) atoms. The van der Waals surface area contributed by atoms with E-state index in [9.17, 15) is 0 Å². The minimum Gasteiger partial charge on any atom is -0.456 e. The number of rotatable bonds is 2. The van der Waals surface area contributed by atoms with Crippen molar-refractivity contribution in [1.29, 1.82) is 0 Å². The molecule has 3 heteroatoms. The molecule has 0 aliphatic heterocycles. The van der Waals surface area contributed by atoms with E-state index in [1.165, 1.54) is 0 Å². The van der Waals surface area contributed by atoms with Crippen LogP contribution in [0, 0.1) is 6.92 Å². The van der Waals surface area contributed by atoms with Crippen molar-refractivity contribution < 1.29 is 4.74 Å². The Morgan fingerprint density at radius 3 is 2.44 bits per heavy atom. The van der Waals surface area contributed by atoms with Crippen molar-refractivity contribution in [3.63, 3.8) is 0 Å². The van der Waals surface area contributed by atoms with E-state index in [0.717, 1.165) is 15.8 Å². The first-order valence-electron chi connectivity index (χ1n) is 4.85. The summed E-state index contributed by atoms with van der Waals surface area (Å²) in [6.07, 6.45) is 0. The number of benzene rings is 2. The minimum atomic E-state index is 0.619. The average Bonchev–Trinajstić information content (AvgIpc) is 2.27. The predicted molar refractivity (Wildman–Crippen MR) is 70.4 cm³/mol. The number of hydrogen-bond donors (Lipinski definition) is 0. The van der Waals surface area contributed by atoms with E-state index in [0.29, 0.717) is 10.8 Å². The van der Waals surface area contributed by atoms with Gasteiger partial charge in [0.2, 0.25) is 0 Å². The molecular weight excluding hydrogens is 287 g/mol. The topological polar surface area (TPSA) is 9.23 Å². The highest BCUT2D eigenvalue weighted by molar-refractivity contribution is 9.10. The summed E-state index contributed by atoms with van der Waals surface area (Å²) in [5.74, 6) is 1.46. The van der Waals surface area contributed by atoms with Crippen molar-refractivity contribution in [2.24, 2.45) is 0 Å². The van der Waals surface area contributed by atoms with E-state index < -0.39 is 0 Å². The van der Waals surface area contributed by atoms with E-state index >= 15 is 0 Å². The van der Waals surface area contributed by atoms with Crippen molar-refractivity contribution in [2.75, 3.05) is 0 Å². The van der Waals surface area contributed by atoms with Crippen LogP contribution >= 0.6 is 27.5 Å². The number of hydrogen-bond acceptors (Lipinski definition) is 1. The highest BCUT2D eigenvalue weighted by atomic mass is 79.9. The van der Waals surface area contributed by atoms with Gasteiger partial charge in [0, 0.05) is 4.47 Å². The molecule has 0 atom stereocenters. The van der Waals surface area contributed by atoms with Gasteiger partial charge in [-0.15, -0.1) is 0 Å². The molecule has 1 nitrogen and oxygen atoms in total. The lowest BCUT2D eigenvalue weighted by Crippen LogP contribution is -1.85. The first kappa shape index (κ1) is 11.5. The van der Waals surface area contributed by atoms with Gasteiger partial charge in [-0.05, 0) is 48.9 Å². The maximum atomic E-state index is 6.04. The summed E-state index contributed by atoms with van der Waals surface area (Å²) in [7, 11) is 0. The monoisotopic (exact) mass is 296 g/mol. The lowest BCUT2D eigenvalue weighted by atomic mass is 10.2. The standard InChI is InChI=1S/C13H10BrClO/c1-9-2-7-12(15)13(8-9)16-11-5-3-10(14)4-6-11/h2-8H,1H3. The Balaban J connectivity index is 2.26. The SMILES string of the molecule is Cc1ccc(Cl)c(Oc2ccc(Br)cc2)c1. The zero-order valence-corrected chi connectivity index (χ0v) is 11.0. The Morgan fingerprint density at radius 1 is 1.06 bits per heavy atom. The van der Waals surface area contributed by atoms with Gasteiger partial charge in [-0.2, -0.15) is 0 Å². The van der Waals surface area contributed by atoms with Gasteiger partial charge in [0.25, 0.3) is 0 Å². The van der Waals surface area contributed by atoms with Crippen LogP contribution in [-0.4, -0.2) is 0 Å². The summed E-state index contributed by atoms with van der Waals surface area (Å²) in [5, 5.41) is 0.619. The molecule has 0 aliphatic carbocycles. The summed E-state index contributed by atoms with van der Waals surface area (Å²) >= 11 is 9.42. The Hall–Kier alpha value is -0.990. The molecule has 0 N–H and O–H groups in total. The van der Waals surface area contributed by atoms with E-state index in [4.69, 9.17) is 16.3 Å². The van der Waals surface area contributed by atoms with Crippen LogP contribution in [0.4, 0.5) is 0 Å². The fraction of sp³-hybridized carbons (Fsp3) is 0.0769. The quantitative estimate of drug-likeness (QED) is 0.740. The van der Waals surface area contributed by atoms with E-state index in [2.05, 4.69) is 15.9 Å². The molecule has 0 heterocycles. The molecule has 0 bridgehead atoms. The van der Waals surface area contributed by atoms with Crippen LogP contribution in [-0.2, 0) is 0 Å². The van der Waals surface area contributed by atoms with Crippen molar-refractivity contribution >= 4 is 27.5 Å². The van der Waals surface area contributed by atoms with Crippen molar-refractivity contribution in [1.82, 2.24) is 0 Å². The van der Waals surface area contributed by atoms with Crippen molar-refractivity contribution in [3.05, 3.63) is 57.5 Å². The maximum absolute atomic E-state index is 6.04. The van der Waals surface area contributed by atoms with Gasteiger partial charge in [-0.25, -0.2) is 0 Å². The summed E-state index contributed by atoms with van der Waals surface area (Å²) in [4.78, 5) is 0. The van der Waals surface area contributed by atoms with Crippen LogP contribution in [0.5, 0.6) is 11.5 Å². The zero-order valence-electron chi connectivity index (χ0n) is 8.71. The third-order valence-corrected chi connectivity index (χ3v) is 2.97. The van der Waals surface area contributed by atoms with Crippen molar-refractivity contribution in [3.8, 4) is 11.5 Å². The minimum absolute atomic E-state index is 0.619. The lowest BCUT2D eigenvalue weighted by molar-refractivity contribution is 0.482. The second-order valence-corrected chi connectivity index (χ2v) is 4.81. The predicted octanol–water partition coefficient (Wildman–Crippen LogP) is 5.20. The Kier molecular flexibility index (Phi) is 3.52. The molecule has 0 saturated carbocycles. The third kappa shape index (κ3) is 2.77. The summed E-state index contributed by atoms with van der Waals surface area (Å²) in [6.45, 7) is 2.00. The van der Waals surface area contributed by atoms with Gasteiger partial charge in [-0.3, -0.25) is 0 Å². The van der Waals surface area contributed by atoms with Crippen LogP contribution in [0.1, 0.15) is 5.56 Å². The highest BCUT2D eigenvalue weighted by Gasteiger charge is 2.03. The first-order valence-corrected chi connectivity index (χ1v) is 6.02. The molecular formula is C13H10BrClO. The van der Waals surface area contributed by atoms with Gasteiger partial charge >= 0.3 is 0 Å². The zero-order chi connectivity index (χ0) is 11.5. The molecule has 2 aromatic rings. The van der Waals surface area contributed by atoms with Gasteiger partial charge in [0.15, 0.2) is 0 Å². The molecule has 2 rings (SSSR count). The number of ether oxygens (including phenoxy) is 1. The normalized spacial score (nSPS) is 10.2. The van der Waals surface area contributed by atoms with E-state index in [1.54, 1.807) is 0 Å². The van der Waals surface area contributed by atoms with Crippen LogP contribution < -0.4 is 4.74 Å². The van der Waals surface area contributed by atoms with Crippen LogP contribution in [0.2, 0.25) is 5.02 Å². The average molecular weight is 298 g/mol. The second kappa shape index (κ2) is 4.89. The molecule has 0 radical (unpaired) electrons. The second-order valence-electron chi connectivity index (χ2n) is 3.49. The third-order valence-electron chi connectivity index (χ3n) is 2.13. The van der Waals surface area contributed by atoms with Crippen LogP contribution in [0.15, 0.2) is 46.9 Å².